The summed E-state index contributed by atoms with van der Waals surface area (Å²) in [4.78, 5) is 2.15. The molecule has 0 aliphatic carbocycles. The number of nitrogens with one attached hydrogen (secondary N) is 1. The Morgan fingerprint density at radius 3 is 2.89 bits per heavy atom. The third-order valence-corrected chi connectivity index (χ3v) is 4.33. The lowest BCUT2D eigenvalue weighted by molar-refractivity contribution is 0.393. The molecule has 0 amide bonds. The van der Waals surface area contributed by atoms with Gasteiger partial charge in [-0.15, -0.1) is 0 Å². The van der Waals surface area contributed by atoms with Gasteiger partial charge in [-0.2, -0.15) is 0 Å². The summed E-state index contributed by atoms with van der Waals surface area (Å²) in [5.41, 5.74) is 2.51. The minimum atomic E-state index is -0.465. The maximum atomic E-state index is 14.1. The van der Waals surface area contributed by atoms with Gasteiger partial charge in [-0.05, 0) is 41.4 Å². The van der Waals surface area contributed by atoms with Gasteiger partial charge in [0.25, 0.3) is 0 Å². The van der Waals surface area contributed by atoms with E-state index in [2.05, 4.69) is 26.1 Å². The normalized spacial score (nSPS) is 22.4. The van der Waals surface area contributed by atoms with Gasteiger partial charge in [0.1, 0.15) is 11.6 Å². The smallest absolute Gasteiger partial charge is 0.143 e. The second-order valence-corrected chi connectivity index (χ2v) is 5.64. The Morgan fingerprint density at radius 2 is 2.17 bits per heavy atom. The Hall–Kier alpha value is -1.10. The van der Waals surface area contributed by atoms with E-state index >= 15 is 0 Å². The van der Waals surface area contributed by atoms with E-state index in [0.717, 1.165) is 12.4 Å². The molecule has 0 unspecified atom stereocenters. The third-order valence-electron chi connectivity index (χ3n) is 3.72. The maximum Gasteiger partial charge on any atom is 0.143 e. The van der Waals surface area contributed by atoms with Gasteiger partial charge in [0.15, 0.2) is 0 Å². The molecule has 0 aromatic heterocycles. The molecule has 2 nitrogen and oxygen atoms in total. The van der Waals surface area contributed by atoms with Crippen LogP contribution in [0.1, 0.15) is 24.8 Å². The standard InChI is InChI=1S/C13H13BrF2N2/c1-7-11-4-8(5-18(11)6-17-7)12-10(15)3-2-9(14)13(12)16/h2-3,8,17H,4-6H2,1H3/t8-/m0/s1. The molecule has 18 heavy (non-hydrogen) atoms. The lowest BCUT2D eigenvalue weighted by atomic mass is 9.96. The van der Waals surface area contributed by atoms with Crippen LogP contribution in [0.2, 0.25) is 0 Å². The summed E-state index contributed by atoms with van der Waals surface area (Å²) in [5.74, 6) is -1.02. The molecule has 1 saturated heterocycles. The Balaban J connectivity index is 1.99. The van der Waals surface area contributed by atoms with Crippen LogP contribution >= 0.6 is 15.9 Å². The van der Waals surface area contributed by atoms with Gasteiger partial charge in [0.05, 0.1) is 11.1 Å². The largest absolute Gasteiger partial charge is 0.370 e. The molecule has 96 valence electrons. The minimum Gasteiger partial charge on any atom is -0.370 e. The van der Waals surface area contributed by atoms with Gasteiger partial charge in [-0.3, -0.25) is 0 Å². The molecule has 0 saturated carbocycles. The number of fused-ring (bicyclic) bond motifs is 1. The van der Waals surface area contributed by atoms with E-state index in [0.29, 0.717) is 17.4 Å². The van der Waals surface area contributed by atoms with Crippen LogP contribution in [-0.4, -0.2) is 18.1 Å². The first-order valence-electron chi connectivity index (χ1n) is 5.90. The molecule has 1 N–H and O–H groups in total. The Kier molecular flexibility index (Phi) is 2.81. The van der Waals surface area contributed by atoms with Crippen LogP contribution in [0.3, 0.4) is 0 Å². The van der Waals surface area contributed by atoms with Crippen molar-refractivity contribution in [1.29, 1.82) is 0 Å². The topological polar surface area (TPSA) is 15.3 Å². The van der Waals surface area contributed by atoms with Crippen molar-refractivity contribution in [2.24, 2.45) is 0 Å². The predicted molar refractivity (Wildman–Crippen MR) is 68.8 cm³/mol. The highest BCUT2D eigenvalue weighted by Gasteiger charge is 2.35. The number of benzene rings is 1. The summed E-state index contributed by atoms with van der Waals surface area (Å²) in [6.45, 7) is 3.42. The fourth-order valence-electron chi connectivity index (χ4n) is 2.78. The number of nitrogens with zero attached hydrogens (tertiary/aromatic N) is 1. The number of rotatable bonds is 1. The van der Waals surface area contributed by atoms with Crippen LogP contribution < -0.4 is 5.32 Å². The van der Waals surface area contributed by atoms with E-state index in [9.17, 15) is 8.78 Å². The highest BCUT2D eigenvalue weighted by atomic mass is 79.9. The zero-order valence-corrected chi connectivity index (χ0v) is 11.5. The molecule has 0 bridgehead atoms. The zero-order chi connectivity index (χ0) is 12.9. The number of allylic oxidation sites excluding steroid dienone is 2. The lowest BCUT2D eigenvalue weighted by Crippen LogP contribution is -2.23. The van der Waals surface area contributed by atoms with Crippen molar-refractivity contribution in [3.63, 3.8) is 0 Å². The summed E-state index contributed by atoms with van der Waals surface area (Å²) in [7, 11) is 0. The van der Waals surface area contributed by atoms with Crippen molar-refractivity contribution in [3.05, 3.63) is 45.2 Å². The summed E-state index contributed by atoms with van der Waals surface area (Å²) in [5, 5.41) is 3.24. The van der Waals surface area contributed by atoms with Crippen molar-refractivity contribution in [2.45, 2.75) is 19.3 Å². The molecule has 5 heteroatoms. The molecule has 0 spiro atoms. The monoisotopic (exact) mass is 314 g/mol. The van der Waals surface area contributed by atoms with Gasteiger partial charge in [-0.25, -0.2) is 8.78 Å². The average Bonchev–Trinajstić information content (AvgIpc) is 2.88. The van der Waals surface area contributed by atoms with Crippen molar-refractivity contribution in [3.8, 4) is 0 Å². The van der Waals surface area contributed by atoms with Crippen LogP contribution in [0.15, 0.2) is 28.0 Å². The quantitative estimate of drug-likeness (QED) is 0.800. The molecule has 2 aliphatic rings. The van der Waals surface area contributed by atoms with Gasteiger partial charge >= 0.3 is 0 Å². The summed E-state index contributed by atoms with van der Waals surface area (Å²) in [6, 6.07) is 2.74. The van der Waals surface area contributed by atoms with Gasteiger partial charge in [0.2, 0.25) is 0 Å². The SMILES string of the molecule is CC1=C2C[C@H](c3c(F)ccc(Br)c3F)CN2CN1. The first kappa shape index (κ1) is 12.0. The fourth-order valence-corrected chi connectivity index (χ4v) is 3.13. The van der Waals surface area contributed by atoms with Gasteiger partial charge < -0.3 is 10.2 Å². The van der Waals surface area contributed by atoms with E-state index in [1.54, 1.807) is 0 Å². The molecule has 2 aliphatic heterocycles. The molecular formula is C13H13BrF2N2. The second-order valence-electron chi connectivity index (χ2n) is 4.79. The van der Waals surface area contributed by atoms with Crippen molar-refractivity contribution < 1.29 is 8.78 Å². The molecule has 3 rings (SSSR count). The molecule has 1 atom stereocenters. The maximum absolute atomic E-state index is 14.1. The third kappa shape index (κ3) is 1.72. The predicted octanol–water partition coefficient (Wildman–Crippen LogP) is 3.31. The molecule has 1 fully saturated rings. The lowest BCUT2D eigenvalue weighted by Gasteiger charge is -2.15. The van der Waals surface area contributed by atoms with E-state index < -0.39 is 11.6 Å². The zero-order valence-electron chi connectivity index (χ0n) is 9.93. The molecule has 2 heterocycles. The van der Waals surface area contributed by atoms with Gasteiger partial charge in [0, 0.05) is 29.4 Å². The van der Waals surface area contributed by atoms with Crippen LogP contribution in [0.5, 0.6) is 0 Å². The second kappa shape index (κ2) is 4.23. The van der Waals surface area contributed by atoms with Crippen molar-refractivity contribution in [1.82, 2.24) is 10.2 Å². The summed E-state index contributed by atoms with van der Waals surface area (Å²) in [6.07, 6.45) is 0.698. The highest BCUT2D eigenvalue weighted by Crippen LogP contribution is 2.40. The Labute approximate surface area is 113 Å². The highest BCUT2D eigenvalue weighted by molar-refractivity contribution is 9.10. The average molecular weight is 315 g/mol. The van der Waals surface area contributed by atoms with E-state index in [1.807, 2.05) is 6.92 Å². The minimum absolute atomic E-state index is 0.102. The molecule has 1 aromatic rings. The first-order chi connectivity index (χ1) is 8.58. The van der Waals surface area contributed by atoms with Crippen LogP contribution in [0, 0.1) is 11.6 Å². The number of hydrogen-bond acceptors (Lipinski definition) is 2. The van der Waals surface area contributed by atoms with Gasteiger partial charge in [-0.1, -0.05) is 0 Å². The Bertz CT molecular complexity index is 542. The fraction of sp³-hybridized carbons (Fsp3) is 0.385. The Morgan fingerprint density at radius 1 is 1.39 bits per heavy atom. The van der Waals surface area contributed by atoms with E-state index in [4.69, 9.17) is 0 Å². The van der Waals surface area contributed by atoms with Crippen LogP contribution in [-0.2, 0) is 0 Å². The van der Waals surface area contributed by atoms with Crippen molar-refractivity contribution >= 4 is 15.9 Å². The van der Waals surface area contributed by atoms with Crippen molar-refractivity contribution in [2.75, 3.05) is 13.2 Å². The number of hydrogen-bond donors (Lipinski definition) is 1. The first-order valence-corrected chi connectivity index (χ1v) is 6.69. The summed E-state index contributed by atoms with van der Waals surface area (Å²) < 4.78 is 28.2. The van der Waals surface area contributed by atoms with E-state index in [1.165, 1.54) is 17.8 Å². The summed E-state index contributed by atoms with van der Waals surface area (Å²) >= 11 is 3.12. The molecular weight excluding hydrogens is 302 g/mol. The molecule has 0 radical (unpaired) electrons. The number of halogens is 3. The van der Waals surface area contributed by atoms with Crippen LogP contribution in [0.4, 0.5) is 8.78 Å². The van der Waals surface area contributed by atoms with E-state index in [-0.39, 0.29) is 11.5 Å². The van der Waals surface area contributed by atoms with Crippen LogP contribution in [0.25, 0.3) is 0 Å². The molecule has 1 aromatic carbocycles.